The molecule has 1 aromatic heterocycles. The summed E-state index contributed by atoms with van der Waals surface area (Å²) in [6.45, 7) is 1.53. The highest BCUT2D eigenvalue weighted by Crippen LogP contribution is 2.38. The van der Waals surface area contributed by atoms with Crippen molar-refractivity contribution in [3.63, 3.8) is 0 Å². The number of ether oxygens (including phenoxy) is 2. The van der Waals surface area contributed by atoms with Gasteiger partial charge in [0, 0.05) is 59.8 Å². The second-order valence-electron chi connectivity index (χ2n) is 9.69. The van der Waals surface area contributed by atoms with Gasteiger partial charge in [-0.25, -0.2) is 4.98 Å². The van der Waals surface area contributed by atoms with E-state index in [2.05, 4.69) is 22.4 Å². The summed E-state index contributed by atoms with van der Waals surface area (Å²) < 4.78 is 13.8. The summed E-state index contributed by atoms with van der Waals surface area (Å²) >= 11 is 1.64. The van der Waals surface area contributed by atoms with Crippen LogP contribution in [-0.4, -0.2) is 41.5 Å². The number of fused-ring (bicyclic) bond motifs is 1. The summed E-state index contributed by atoms with van der Waals surface area (Å²) in [5, 5.41) is 2.87. The van der Waals surface area contributed by atoms with Crippen molar-refractivity contribution >= 4 is 23.5 Å². The molecule has 0 aliphatic heterocycles. The first-order valence-corrected chi connectivity index (χ1v) is 14.5. The number of amides is 1. The monoisotopic (exact) mass is 555 g/mol. The predicted octanol–water partition coefficient (Wildman–Crippen LogP) is 5.89. The molecule has 0 radical (unpaired) electrons. The summed E-state index contributed by atoms with van der Waals surface area (Å²) in [4.78, 5) is 30.5. The van der Waals surface area contributed by atoms with Crippen LogP contribution in [0.3, 0.4) is 0 Å². The predicted molar refractivity (Wildman–Crippen MR) is 156 cm³/mol. The molecule has 0 fully saturated rings. The number of rotatable bonds is 12. The molecule has 5 rings (SSSR count). The summed E-state index contributed by atoms with van der Waals surface area (Å²) in [5.41, 5.74) is 4.58. The molecule has 1 N–H and O–H groups in total. The van der Waals surface area contributed by atoms with Crippen LogP contribution in [0.5, 0.6) is 5.75 Å². The minimum Gasteiger partial charge on any atom is -0.484 e. The van der Waals surface area contributed by atoms with Gasteiger partial charge in [0.05, 0.1) is 19.5 Å². The second-order valence-corrected chi connectivity index (χ2v) is 10.7. The SMILES string of the molecule is COCCNC(=O)c1cccc(SCc2c(O[C@H](Cn3ccnc3)c3ccccc3)ccc3c2CCCC3=O)c1. The number of nitrogens with zero attached hydrogens (tertiary/aromatic N) is 2. The Bertz CT molecular complexity index is 1440. The Balaban J connectivity index is 1.42. The smallest absolute Gasteiger partial charge is 0.251 e. The molecule has 1 heterocycles. The van der Waals surface area contributed by atoms with E-state index in [4.69, 9.17) is 9.47 Å². The van der Waals surface area contributed by atoms with E-state index < -0.39 is 0 Å². The van der Waals surface area contributed by atoms with E-state index in [0.29, 0.717) is 37.4 Å². The molecule has 1 aliphatic rings. The van der Waals surface area contributed by atoms with Crippen LogP contribution < -0.4 is 10.1 Å². The van der Waals surface area contributed by atoms with Crippen LogP contribution in [0.2, 0.25) is 0 Å². The molecule has 40 heavy (non-hydrogen) atoms. The molecule has 0 bridgehead atoms. The lowest BCUT2D eigenvalue weighted by molar-refractivity contribution is 0.0935. The fraction of sp³-hybridized carbons (Fsp3) is 0.281. The van der Waals surface area contributed by atoms with Crippen LogP contribution in [0.4, 0.5) is 0 Å². The first-order valence-electron chi connectivity index (χ1n) is 13.5. The number of nitrogens with one attached hydrogen (secondary N) is 1. The van der Waals surface area contributed by atoms with Gasteiger partial charge in [-0.3, -0.25) is 9.59 Å². The van der Waals surface area contributed by atoms with Crippen LogP contribution in [0, 0.1) is 0 Å². The number of hydrogen-bond donors (Lipinski definition) is 1. The number of thioether (sulfide) groups is 1. The molecule has 1 aliphatic carbocycles. The van der Waals surface area contributed by atoms with Crippen molar-refractivity contribution < 1.29 is 19.1 Å². The van der Waals surface area contributed by atoms with Gasteiger partial charge in [-0.1, -0.05) is 36.4 Å². The van der Waals surface area contributed by atoms with Crippen LogP contribution in [0.25, 0.3) is 0 Å². The molecule has 7 nitrogen and oxygen atoms in total. The molecule has 206 valence electrons. The molecule has 4 aromatic rings. The van der Waals surface area contributed by atoms with Gasteiger partial charge in [-0.15, -0.1) is 11.8 Å². The zero-order valence-electron chi connectivity index (χ0n) is 22.5. The van der Waals surface area contributed by atoms with Gasteiger partial charge in [0.2, 0.25) is 0 Å². The molecule has 1 amide bonds. The van der Waals surface area contributed by atoms with Crippen LogP contribution in [-0.2, 0) is 23.5 Å². The summed E-state index contributed by atoms with van der Waals surface area (Å²) in [6.07, 6.45) is 7.50. The van der Waals surface area contributed by atoms with Crippen molar-refractivity contribution in [2.75, 3.05) is 20.3 Å². The van der Waals surface area contributed by atoms with Crippen LogP contribution in [0.1, 0.15) is 56.4 Å². The average Bonchev–Trinajstić information content (AvgIpc) is 3.50. The second kappa shape index (κ2) is 13.5. The van der Waals surface area contributed by atoms with Gasteiger partial charge in [0.25, 0.3) is 5.91 Å². The number of benzene rings is 3. The molecule has 0 saturated carbocycles. The van der Waals surface area contributed by atoms with Gasteiger partial charge in [0.1, 0.15) is 11.9 Å². The molecular formula is C32H33N3O4S. The third kappa shape index (κ3) is 6.81. The van der Waals surface area contributed by atoms with Crippen molar-refractivity contribution in [1.29, 1.82) is 0 Å². The standard InChI is InChI=1S/C32H33N3O4S/c1-38-18-16-34-32(37)24-9-5-10-25(19-24)40-21-28-26-11-6-12-29(36)27(26)13-14-30(28)39-31(20-35-17-15-33-22-35)23-7-3-2-4-8-23/h2-5,7-10,13-15,17,19,22,31H,6,11-12,16,18,20-21H2,1H3,(H,34,37)/t31-/m1/s1. The number of carbonyl (C=O) groups is 2. The normalized spacial score (nSPS) is 13.5. The third-order valence-electron chi connectivity index (χ3n) is 6.97. The van der Waals surface area contributed by atoms with Crippen LogP contribution in [0.15, 0.2) is 90.3 Å². The van der Waals surface area contributed by atoms with Gasteiger partial charge >= 0.3 is 0 Å². The van der Waals surface area contributed by atoms with Crippen LogP contribution >= 0.6 is 11.8 Å². The third-order valence-corrected chi connectivity index (χ3v) is 7.99. The Morgan fingerprint density at radius 2 is 1.98 bits per heavy atom. The Labute approximate surface area is 238 Å². The van der Waals surface area contributed by atoms with Gasteiger partial charge < -0.3 is 19.4 Å². The quantitative estimate of drug-likeness (QED) is 0.173. The first-order chi connectivity index (χ1) is 19.6. The van der Waals surface area contributed by atoms with E-state index >= 15 is 0 Å². The Morgan fingerprint density at radius 3 is 2.77 bits per heavy atom. The number of hydrogen-bond acceptors (Lipinski definition) is 6. The minimum atomic E-state index is -0.240. The number of imidazole rings is 1. The summed E-state index contributed by atoms with van der Waals surface area (Å²) in [6, 6.07) is 21.6. The lowest BCUT2D eigenvalue weighted by atomic mass is 9.87. The first kappa shape index (κ1) is 27.7. The highest BCUT2D eigenvalue weighted by Gasteiger charge is 2.25. The van der Waals surface area contributed by atoms with Gasteiger partial charge in [-0.05, 0) is 54.3 Å². The molecule has 3 aromatic carbocycles. The van der Waals surface area contributed by atoms with Crippen molar-refractivity contribution in [3.05, 3.63) is 113 Å². The van der Waals surface area contributed by atoms with Crippen molar-refractivity contribution in [2.45, 2.75) is 42.6 Å². The van der Waals surface area contributed by atoms with Crippen molar-refractivity contribution in [2.24, 2.45) is 0 Å². The van der Waals surface area contributed by atoms with Gasteiger partial charge in [-0.2, -0.15) is 0 Å². The highest BCUT2D eigenvalue weighted by molar-refractivity contribution is 7.98. The fourth-order valence-corrected chi connectivity index (χ4v) is 5.93. The maximum absolute atomic E-state index is 12.8. The summed E-state index contributed by atoms with van der Waals surface area (Å²) in [7, 11) is 1.61. The van der Waals surface area contributed by atoms with Crippen molar-refractivity contribution in [1.82, 2.24) is 14.9 Å². The van der Waals surface area contributed by atoms with Gasteiger partial charge in [0.15, 0.2) is 5.78 Å². The lowest BCUT2D eigenvalue weighted by Crippen LogP contribution is -2.26. The average molecular weight is 556 g/mol. The number of Topliss-reactive ketones (excluding diaryl/α,β-unsaturated/α-hetero) is 1. The van der Waals surface area contributed by atoms with E-state index in [9.17, 15) is 9.59 Å². The van der Waals surface area contributed by atoms with E-state index in [1.807, 2.05) is 65.4 Å². The van der Waals surface area contributed by atoms with E-state index in [1.165, 1.54) is 0 Å². The molecule has 0 saturated heterocycles. The van der Waals surface area contributed by atoms with E-state index in [-0.39, 0.29) is 17.8 Å². The zero-order valence-corrected chi connectivity index (χ0v) is 23.4. The topological polar surface area (TPSA) is 82.4 Å². The number of carbonyl (C=O) groups excluding carboxylic acids is 2. The molecule has 8 heteroatoms. The molecule has 1 atom stereocenters. The lowest BCUT2D eigenvalue weighted by Gasteiger charge is -2.25. The maximum atomic E-state index is 12.8. The number of methoxy groups -OCH3 is 1. The number of aromatic nitrogens is 2. The Kier molecular flexibility index (Phi) is 9.31. The minimum absolute atomic E-state index is 0.128. The maximum Gasteiger partial charge on any atom is 0.251 e. The molecule has 0 unspecified atom stereocenters. The molecule has 0 spiro atoms. The fourth-order valence-electron chi connectivity index (χ4n) is 4.92. The van der Waals surface area contributed by atoms with E-state index in [1.54, 1.807) is 31.4 Å². The summed E-state index contributed by atoms with van der Waals surface area (Å²) in [5.74, 6) is 1.46. The number of ketones is 1. The highest BCUT2D eigenvalue weighted by atomic mass is 32.2. The largest absolute Gasteiger partial charge is 0.484 e. The Morgan fingerprint density at radius 1 is 1.10 bits per heavy atom. The van der Waals surface area contributed by atoms with E-state index in [0.717, 1.165) is 45.7 Å². The Hall–Kier alpha value is -3.88. The van der Waals surface area contributed by atoms with Crippen molar-refractivity contribution in [3.8, 4) is 5.75 Å². The molecular weight excluding hydrogens is 522 g/mol. The zero-order chi connectivity index (χ0) is 27.7.